The molecule has 3 rings (SSSR count). The zero-order chi connectivity index (χ0) is 12.7. The Morgan fingerprint density at radius 2 is 2.22 bits per heavy atom. The predicted octanol–water partition coefficient (Wildman–Crippen LogP) is 1.84. The molecule has 2 aromatic heterocycles. The minimum absolute atomic E-state index is 0.172. The van der Waals surface area contributed by atoms with Crippen LogP contribution in [0.25, 0.3) is 5.78 Å². The normalized spacial score (nSPS) is 19.2. The number of carbonyl (C=O) groups excluding carboxylic acids is 1. The highest BCUT2D eigenvalue weighted by atomic mass is 16.1. The van der Waals surface area contributed by atoms with Crippen molar-refractivity contribution < 1.29 is 4.79 Å². The number of carbonyl (C=O) groups is 1. The molecule has 0 N–H and O–H groups in total. The van der Waals surface area contributed by atoms with Gasteiger partial charge in [0.25, 0.3) is 5.78 Å². The molecule has 1 aliphatic carbocycles. The van der Waals surface area contributed by atoms with Gasteiger partial charge in [0.2, 0.25) is 0 Å². The van der Waals surface area contributed by atoms with E-state index in [9.17, 15) is 4.79 Å². The summed E-state index contributed by atoms with van der Waals surface area (Å²) >= 11 is 0. The molecule has 0 amide bonds. The van der Waals surface area contributed by atoms with E-state index < -0.39 is 0 Å². The van der Waals surface area contributed by atoms with Gasteiger partial charge in [-0.25, -0.2) is 9.50 Å². The van der Waals surface area contributed by atoms with E-state index in [1.807, 2.05) is 0 Å². The van der Waals surface area contributed by atoms with Crippen LogP contribution in [0, 0.1) is 5.92 Å². The van der Waals surface area contributed by atoms with Gasteiger partial charge in [-0.05, 0) is 18.8 Å². The van der Waals surface area contributed by atoms with E-state index in [-0.39, 0.29) is 5.78 Å². The van der Waals surface area contributed by atoms with E-state index in [4.69, 9.17) is 0 Å². The molecule has 0 aliphatic heterocycles. The first-order valence-electron chi connectivity index (χ1n) is 6.45. The van der Waals surface area contributed by atoms with Crippen LogP contribution in [0.1, 0.15) is 48.6 Å². The Morgan fingerprint density at radius 3 is 3.00 bits per heavy atom. The summed E-state index contributed by atoms with van der Waals surface area (Å²) in [6.07, 6.45) is 5.10. The van der Waals surface area contributed by atoms with E-state index in [2.05, 4.69) is 28.9 Å². The molecule has 0 unspecified atom stereocenters. The van der Waals surface area contributed by atoms with Crippen molar-refractivity contribution >= 4 is 11.6 Å². The maximum absolute atomic E-state index is 12.0. The van der Waals surface area contributed by atoms with Crippen LogP contribution in [0.5, 0.6) is 0 Å². The quantitative estimate of drug-likeness (QED) is 0.808. The Labute approximate surface area is 105 Å². The largest absolute Gasteiger partial charge is 0.294 e. The van der Waals surface area contributed by atoms with Crippen LogP contribution in [-0.2, 0) is 12.8 Å². The maximum Gasteiger partial charge on any atom is 0.252 e. The molecule has 0 saturated heterocycles. The number of rotatable bonds is 2. The molecule has 2 heterocycles. The van der Waals surface area contributed by atoms with Crippen LogP contribution in [-0.4, -0.2) is 25.4 Å². The first kappa shape index (κ1) is 11.3. The minimum atomic E-state index is 0.172. The van der Waals surface area contributed by atoms with Gasteiger partial charge in [-0.1, -0.05) is 13.8 Å². The van der Waals surface area contributed by atoms with E-state index in [1.54, 1.807) is 10.7 Å². The highest BCUT2D eigenvalue weighted by Gasteiger charge is 2.24. The van der Waals surface area contributed by atoms with Crippen LogP contribution in [0.2, 0.25) is 0 Å². The molecular weight excluding hydrogens is 228 g/mol. The van der Waals surface area contributed by atoms with Crippen LogP contribution in [0.4, 0.5) is 0 Å². The van der Waals surface area contributed by atoms with E-state index >= 15 is 0 Å². The van der Waals surface area contributed by atoms with Gasteiger partial charge < -0.3 is 0 Å². The third-order valence-corrected chi connectivity index (χ3v) is 3.30. The molecule has 2 aromatic rings. The fourth-order valence-corrected chi connectivity index (χ4v) is 2.45. The summed E-state index contributed by atoms with van der Waals surface area (Å²) in [5.41, 5.74) is 1.59. The van der Waals surface area contributed by atoms with E-state index in [0.29, 0.717) is 23.7 Å². The molecule has 0 aromatic carbocycles. The number of Topliss-reactive ketones (excluding diaryl/α,β-unsaturated/α-hetero) is 1. The predicted molar refractivity (Wildman–Crippen MR) is 66.6 cm³/mol. The number of nitrogens with zero attached hydrogens (tertiary/aromatic N) is 4. The lowest BCUT2D eigenvalue weighted by Crippen LogP contribution is -2.20. The van der Waals surface area contributed by atoms with Gasteiger partial charge in [0.05, 0.1) is 11.3 Å². The first-order chi connectivity index (χ1) is 8.67. The first-order valence-corrected chi connectivity index (χ1v) is 6.45. The maximum atomic E-state index is 12.0. The number of aromatic nitrogens is 4. The molecule has 1 aliphatic rings. The zero-order valence-corrected chi connectivity index (χ0v) is 10.7. The van der Waals surface area contributed by atoms with Crippen LogP contribution in [0.3, 0.4) is 0 Å². The van der Waals surface area contributed by atoms with Crippen LogP contribution >= 0.6 is 0 Å². The van der Waals surface area contributed by atoms with E-state index in [1.165, 1.54) is 0 Å². The third kappa shape index (κ3) is 1.79. The molecule has 94 valence electrons. The van der Waals surface area contributed by atoms with Gasteiger partial charge in [0, 0.05) is 19.0 Å². The van der Waals surface area contributed by atoms with Crippen molar-refractivity contribution in [3.05, 3.63) is 23.3 Å². The number of aryl methyl sites for hydroxylation is 1. The molecule has 0 radical (unpaired) electrons. The lowest BCUT2D eigenvalue weighted by Gasteiger charge is -2.18. The second-order valence-electron chi connectivity index (χ2n) is 5.06. The molecule has 1 atom stereocenters. The monoisotopic (exact) mass is 244 g/mol. The minimum Gasteiger partial charge on any atom is -0.294 e. The molecule has 0 bridgehead atoms. The summed E-state index contributed by atoms with van der Waals surface area (Å²) in [6.45, 7) is 4.17. The fraction of sp³-hybridized carbons (Fsp3) is 0.538. The van der Waals surface area contributed by atoms with Crippen molar-refractivity contribution in [1.82, 2.24) is 19.6 Å². The van der Waals surface area contributed by atoms with Crippen LogP contribution < -0.4 is 0 Å². The van der Waals surface area contributed by atoms with Crippen molar-refractivity contribution in [3.63, 3.8) is 0 Å². The number of hydrogen-bond donors (Lipinski definition) is 0. The second-order valence-corrected chi connectivity index (χ2v) is 5.06. The summed E-state index contributed by atoms with van der Waals surface area (Å²) < 4.78 is 1.64. The van der Waals surface area contributed by atoms with Gasteiger partial charge in [0.1, 0.15) is 0 Å². The van der Waals surface area contributed by atoms with Gasteiger partial charge in [0.15, 0.2) is 11.6 Å². The topological polar surface area (TPSA) is 60.1 Å². The fourth-order valence-electron chi connectivity index (χ4n) is 2.45. The highest BCUT2D eigenvalue weighted by molar-refractivity contribution is 5.98. The molecule has 0 spiro atoms. The summed E-state index contributed by atoms with van der Waals surface area (Å²) in [6, 6.07) is 0. The number of fused-ring (bicyclic) bond motifs is 2. The Balaban J connectivity index is 2.12. The van der Waals surface area contributed by atoms with Crippen molar-refractivity contribution in [3.8, 4) is 0 Å². The van der Waals surface area contributed by atoms with Crippen molar-refractivity contribution in [2.45, 2.75) is 39.5 Å². The standard InChI is InChI=1S/C13H16N4O/c1-3-4-12-15-13-14-10-5-8(2)6-11(18)9(10)7-17(13)16-12/h7-8H,3-6H2,1-2H3/t8-/m0/s1. The lowest BCUT2D eigenvalue weighted by molar-refractivity contribution is 0.0951. The Morgan fingerprint density at radius 1 is 1.39 bits per heavy atom. The average Bonchev–Trinajstić information content (AvgIpc) is 2.68. The average molecular weight is 244 g/mol. The van der Waals surface area contributed by atoms with Crippen molar-refractivity contribution in [2.75, 3.05) is 0 Å². The molecule has 5 heteroatoms. The molecule has 0 fully saturated rings. The highest BCUT2D eigenvalue weighted by Crippen LogP contribution is 2.23. The molecule has 5 nitrogen and oxygen atoms in total. The summed E-state index contributed by atoms with van der Waals surface area (Å²) in [7, 11) is 0. The van der Waals surface area contributed by atoms with Gasteiger partial charge in [-0.2, -0.15) is 4.98 Å². The van der Waals surface area contributed by atoms with Crippen molar-refractivity contribution in [2.24, 2.45) is 5.92 Å². The third-order valence-electron chi connectivity index (χ3n) is 3.30. The zero-order valence-electron chi connectivity index (χ0n) is 10.7. The Hall–Kier alpha value is -1.78. The van der Waals surface area contributed by atoms with Gasteiger partial charge in [-0.3, -0.25) is 4.79 Å². The molecule has 18 heavy (non-hydrogen) atoms. The smallest absolute Gasteiger partial charge is 0.252 e. The summed E-state index contributed by atoms with van der Waals surface area (Å²) in [5, 5.41) is 4.35. The molecular formula is C13H16N4O. The molecule has 0 saturated carbocycles. The lowest BCUT2D eigenvalue weighted by atomic mass is 9.88. The van der Waals surface area contributed by atoms with Crippen LogP contribution in [0.15, 0.2) is 6.20 Å². The number of hydrogen-bond acceptors (Lipinski definition) is 4. The number of ketones is 1. The van der Waals surface area contributed by atoms with E-state index in [0.717, 1.165) is 30.8 Å². The van der Waals surface area contributed by atoms with Gasteiger partial charge >= 0.3 is 0 Å². The Kier molecular flexibility index (Phi) is 2.61. The summed E-state index contributed by atoms with van der Waals surface area (Å²) in [5.74, 6) is 1.95. The van der Waals surface area contributed by atoms with Crippen molar-refractivity contribution in [1.29, 1.82) is 0 Å². The SMILES string of the molecule is CCCc1nc2nc3c(cn2n1)C(=O)C[C@@H](C)C3. The summed E-state index contributed by atoms with van der Waals surface area (Å²) in [4.78, 5) is 20.8. The second kappa shape index (κ2) is 4.15. The van der Waals surface area contributed by atoms with Gasteiger partial charge in [-0.15, -0.1) is 5.10 Å². The Bertz CT molecular complexity index is 617.